The fourth-order valence-electron chi connectivity index (χ4n) is 3.78. The zero-order chi connectivity index (χ0) is 25.2. The van der Waals surface area contributed by atoms with Gasteiger partial charge in [0.1, 0.15) is 22.9 Å². The molecule has 0 aliphatic carbocycles. The molecule has 1 amide bonds. The van der Waals surface area contributed by atoms with Crippen LogP contribution in [-0.2, 0) is 9.47 Å². The number of hydrogen-bond acceptors (Lipinski definition) is 9. The third kappa shape index (κ3) is 5.51. The highest BCUT2D eigenvalue weighted by molar-refractivity contribution is 6.02. The number of aromatic nitrogens is 4. The van der Waals surface area contributed by atoms with Crippen LogP contribution in [0.3, 0.4) is 0 Å². The number of nitrogens with zero attached hydrogens (tertiary/aromatic N) is 5. The number of fused-ring (bicyclic) bond motifs is 1. The molecule has 1 unspecified atom stereocenters. The summed E-state index contributed by atoms with van der Waals surface area (Å²) in [6, 6.07) is 5.19. The second-order valence-electron chi connectivity index (χ2n) is 9.28. The minimum absolute atomic E-state index is 0.109. The maximum Gasteiger partial charge on any atom is 0.415 e. The lowest BCUT2D eigenvalue weighted by Gasteiger charge is -2.25. The maximum atomic E-state index is 13.1. The smallest absolute Gasteiger partial charge is 0.415 e. The second-order valence-corrected chi connectivity index (χ2v) is 9.28. The summed E-state index contributed by atoms with van der Waals surface area (Å²) in [5, 5.41) is 7.55. The number of methoxy groups -OCH3 is 1. The largest absolute Gasteiger partial charge is 0.480 e. The van der Waals surface area contributed by atoms with Gasteiger partial charge in [-0.05, 0) is 45.7 Å². The summed E-state index contributed by atoms with van der Waals surface area (Å²) in [5.74, 6) is 0.993. The van der Waals surface area contributed by atoms with Crippen LogP contribution in [0.25, 0.3) is 5.65 Å². The minimum Gasteiger partial charge on any atom is -0.480 e. The zero-order valence-corrected chi connectivity index (χ0v) is 20.6. The molecule has 1 saturated heterocycles. The lowest BCUT2D eigenvalue weighted by atomic mass is 10.1. The second kappa shape index (κ2) is 9.87. The van der Waals surface area contributed by atoms with Crippen LogP contribution in [0.5, 0.6) is 5.88 Å². The van der Waals surface area contributed by atoms with Crippen molar-refractivity contribution in [1.29, 1.82) is 0 Å². The van der Waals surface area contributed by atoms with Crippen LogP contribution in [0.2, 0.25) is 0 Å². The van der Waals surface area contributed by atoms with E-state index in [4.69, 9.17) is 14.2 Å². The molecular weight excluding hydrogens is 452 g/mol. The van der Waals surface area contributed by atoms with Crippen molar-refractivity contribution >= 4 is 34.8 Å². The van der Waals surface area contributed by atoms with Gasteiger partial charge in [0.15, 0.2) is 11.4 Å². The van der Waals surface area contributed by atoms with Gasteiger partial charge in [0.2, 0.25) is 5.88 Å². The molecule has 1 N–H and O–H groups in total. The first-order chi connectivity index (χ1) is 16.7. The number of rotatable bonds is 7. The highest BCUT2D eigenvalue weighted by atomic mass is 16.6. The van der Waals surface area contributed by atoms with Crippen LogP contribution in [0.1, 0.15) is 50.4 Å². The van der Waals surface area contributed by atoms with E-state index in [0.29, 0.717) is 41.0 Å². The van der Waals surface area contributed by atoms with Gasteiger partial charge in [0.25, 0.3) is 0 Å². The third-order valence-electron chi connectivity index (χ3n) is 5.43. The Balaban J connectivity index is 1.76. The van der Waals surface area contributed by atoms with E-state index < -0.39 is 11.7 Å². The van der Waals surface area contributed by atoms with Gasteiger partial charge in [-0.2, -0.15) is 9.61 Å². The number of pyridine rings is 1. The molecule has 0 radical (unpaired) electrons. The maximum absolute atomic E-state index is 13.1. The van der Waals surface area contributed by atoms with E-state index in [0.717, 1.165) is 12.8 Å². The van der Waals surface area contributed by atoms with Gasteiger partial charge in [0.05, 0.1) is 25.0 Å². The van der Waals surface area contributed by atoms with Crippen LogP contribution < -0.4 is 15.0 Å². The molecule has 0 aromatic carbocycles. The van der Waals surface area contributed by atoms with E-state index in [-0.39, 0.29) is 18.3 Å². The molecule has 3 aromatic heterocycles. The highest BCUT2D eigenvalue weighted by Gasteiger charge is 2.27. The average Bonchev–Trinajstić information content (AvgIpc) is 3.47. The standard InChI is InChI=1S/C24H30N6O5/c1-24(2,3)35-23(32)29(4)20-13-19(27-17-9-6-10-25-22(17)33-5)28-21-16(14-26-30(20)21)18(31)12-15-8-7-11-34-15/h6,9-10,13-15H,7-8,11-12H2,1-5H3,(H,27,28). The third-order valence-corrected chi connectivity index (χ3v) is 5.43. The van der Waals surface area contributed by atoms with E-state index in [1.165, 1.54) is 22.7 Å². The molecule has 0 saturated carbocycles. The normalized spacial score (nSPS) is 15.7. The van der Waals surface area contributed by atoms with Crippen molar-refractivity contribution in [2.24, 2.45) is 0 Å². The van der Waals surface area contributed by atoms with Crippen molar-refractivity contribution in [1.82, 2.24) is 19.6 Å². The van der Waals surface area contributed by atoms with Gasteiger partial charge in [-0.3, -0.25) is 9.69 Å². The summed E-state index contributed by atoms with van der Waals surface area (Å²) in [6.45, 7) is 6.03. The molecule has 1 atom stereocenters. The number of ether oxygens (including phenoxy) is 3. The number of nitrogens with one attached hydrogen (secondary N) is 1. The van der Waals surface area contributed by atoms with Crippen molar-refractivity contribution < 1.29 is 23.8 Å². The van der Waals surface area contributed by atoms with Gasteiger partial charge in [0, 0.05) is 32.3 Å². The lowest BCUT2D eigenvalue weighted by molar-refractivity contribution is 0.0587. The number of hydrogen-bond donors (Lipinski definition) is 1. The lowest BCUT2D eigenvalue weighted by Crippen LogP contribution is -2.35. The summed E-state index contributed by atoms with van der Waals surface area (Å²) < 4.78 is 17.9. The van der Waals surface area contributed by atoms with Gasteiger partial charge in [-0.1, -0.05) is 0 Å². The topological polar surface area (TPSA) is 120 Å². The Labute approximate surface area is 203 Å². The summed E-state index contributed by atoms with van der Waals surface area (Å²) in [6.07, 6.45) is 4.44. The fraction of sp³-hybridized carbons (Fsp3) is 0.458. The van der Waals surface area contributed by atoms with Crippen molar-refractivity contribution in [3.05, 3.63) is 36.2 Å². The zero-order valence-electron chi connectivity index (χ0n) is 20.6. The van der Waals surface area contributed by atoms with Gasteiger partial charge < -0.3 is 19.5 Å². The van der Waals surface area contributed by atoms with Gasteiger partial charge in [-0.15, -0.1) is 0 Å². The highest BCUT2D eigenvalue weighted by Crippen LogP contribution is 2.29. The van der Waals surface area contributed by atoms with E-state index in [9.17, 15) is 9.59 Å². The molecule has 1 aliphatic rings. The Morgan fingerprint density at radius 3 is 2.83 bits per heavy atom. The van der Waals surface area contributed by atoms with Gasteiger partial charge in [-0.25, -0.2) is 14.8 Å². The van der Waals surface area contributed by atoms with Crippen molar-refractivity contribution in [3.8, 4) is 5.88 Å². The van der Waals surface area contributed by atoms with Crippen molar-refractivity contribution in [2.45, 2.75) is 51.7 Å². The van der Waals surface area contributed by atoms with Crippen LogP contribution in [0, 0.1) is 0 Å². The molecule has 186 valence electrons. The summed E-state index contributed by atoms with van der Waals surface area (Å²) in [7, 11) is 3.09. The predicted octanol–water partition coefficient (Wildman–Crippen LogP) is 4.00. The molecule has 0 spiro atoms. The van der Waals surface area contributed by atoms with Crippen LogP contribution >= 0.6 is 0 Å². The Kier molecular flexibility index (Phi) is 6.88. The Morgan fingerprint density at radius 2 is 2.14 bits per heavy atom. The number of amides is 1. The summed E-state index contributed by atoms with van der Waals surface area (Å²) >= 11 is 0. The summed E-state index contributed by atoms with van der Waals surface area (Å²) in [4.78, 5) is 36.1. The number of carbonyl (C=O) groups excluding carboxylic acids is 2. The first-order valence-electron chi connectivity index (χ1n) is 11.4. The predicted molar refractivity (Wildman–Crippen MR) is 130 cm³/mol. The Hall–Kier alpha value is -3.73. The molecule has 4 rings (SSSR count). The molecule has 35 heavy (non-hydrogen) atoms. The van der Waals surface area contributed by atoms with E-state index in [2.05, 4.69) is 20.4 Å². The Morgan fingerprint density at radius 1 is 1.34 bits per heavy atom. The molecule has 4 heterocycles. The van der Waals surface area contributed by atoms with E-state index >= 15 is 0 Å². The van der Waals surface area contributed by atoms with Gasteiger partial charge >= 0.3 is 6.09 Å². The van der Waals surface area contributed by atoms with Crippen LogP contribution in [0.4, 0.5) is 22.1 Å². The van der Waals surface area contributed by atoms with E-state index in [1.54, 1.807) is 52.2 Å². The minimum atomic E-state index is -0.686. The number of ketones is 1. The quantitative estimate of drug-likeness (QED) is 0.498. The van der Waals surface area contributed by atoms with Crippen molar-refractivity contribution in [2.75, 3.05) is 31.0 Å². The SMILES string of the molecule is COc1ncccc1Nc1cc(N(C)C(=O)OC(C)(C)C)n2ncc(C(=O)CC3CCCO3)c2n1. The molecule has 11 nitrogen and oxygen atoms in total. The Bertz CT molecular complexity index is 1230. The first-order valence-corrected chi connectivity index (χ1v) is 11.4. The van der Waals surface area contributed by atoms with Crippen molar-refractivity contribution in [3.63, 3.8) is 0 Å². The fourth-order valence-corrected chi connectivity index (χ4v) is 3.78. The van der Waals surface area contributed by atoms with E-state index in [1.807, 2.05) is 0 Å². The summed E-state index contributed by atoms with van der Waals surface area (Å²) in [5.41, 5.74) is 0.547. The number of carbonyl (C=O) groups is 2. The molecule has 3 aromatic rings. The average molecular weight is 483 g/mol. The monoisotopic (exact) mass is 482 g/mol. The molecule has 1 aliphatic heterocycles. The van der Waals surface area contributed by atoms with Crippen LogP contribution in [0.15, 0.2) is 30.6 Å². The molecule has 11 heteroatoms. The molecular formula is C24H30N6O5. The number of anilines is 3. The molecule has 0 bridgehead atoms. The molecule has 1 fully saturated rings. The van der Waals surface area contributed by atoms with Crippen LogP contribution in [-0.4, -0.2) is 63.9 Å². The first kappa shape index (κ1) is 24.4. The number of Topliss-reactive ketones (excluding diaryl/α,β-unsaturated/α-hetero) is 1.